The number of fused-ring (bicyclic) bond motifs is 1. The van der Waals surface area contributed by atoms with Crippen LogP contribution in [0.4, 0.5) is 0 Å². The van der Waals surface area contributed by atoms with Gasteiger partial charge in [0.25, 0.3) is 0 Å². The van der Waals surface area contributed by atoms with Crippen molar-refractivity contribution in [1.82, 2.24) is 9.78 Å². The first-order valence-electron chi connectivity index (χ1n) is 9.54. The number of ketones is 1. The Morgan fingerprint density at radius 3 is 2.12 bits per heavy atom. The van der Waals surface area contributed by atoms with E-state index < -0.39 is 0 Å². The molecule has 1 unspecified atom stereocenters. The Labute approximate surface area is 151 Å². The van der Waals surface area contributed by atoms with Crippen LogP contribution in [0.2, 0.25) is 0 Å². The van der Waals surface area contributed by atoms with Gasteiger partial charge in [-0.25, -0.2) is 4.68 Å². The van der Waals surface area contributed by atoms with Gasteiger partial charge in [-0.15, -0.1) is 0 Å². The van der Waals surface area contributed by atoms with E-state index in [2.05, 4.69) is 65.8 Å². The van der Waals surface area contributed by atoms with Crippen LogP contribution >= 0.6 is 0 Å². The molecule has 1 aromatic heterocycles. The molecule has 0 saturated carbocycles. The number of carbonyl (C=O) groups is 1. The number of aromatic nitrogens is 2. The molecule has 134 valence electrons. The van der Waals surface area contributed by atoms with Gasteiger partial charge in [0.15, 0.2) is 5.78 Å². The van der Waals surface area contributed by atoms with Crippen LogP contribution in [-0.4, -0.2) is 15.6 Å². The van der Waals surface area contributed by atoms with Crippen molar-refractivity contribution in [3.05, 3.63) is 46.8 Å². The number of benzene rings is 1. The van der Waals surface area contributed by atoms with Crippen molar-refractivity contribution in [2.24, 2.45) is 11.8 Å². The molecule has 0 saturated heterocycles. The summed E-state index contributed by atoms with van der Waals surface area (Å²) < 4.78 is 2.03. The second-order valence-electron chi connectivity index (χ2n) is 8.36. The second kappa shape index (κ2) is 6.78. The van der Waals surface area contributed by atoms with E-state index in [1.165, 1.54) is 5.56 Å². The molecule has 0 amide bonds. The molecule has 0 N–H and O–H groups in total. The van der Waals surface area contributed by atoms with Gasteiger partial charge in [-0.2, -0.15) is 5.10 Å². The van der Waals surface area contributed by atoms with Crippen LogP contribution in [0.1, 0.15) is 87.1 Å². The zero-order valence-corrected chi connectivity index (χ0v) is 16.3. The highest BCUT2D eigenvalue weighted by molar-refractivity contribution is 5.99. The summed E-state index contributed by atoms with van der Waals surface area (Å²) >= 11 is 0. The molecule has 1 aliphatic carbocycles. The van der Waals surface area contributed by atoms with Crippen LogP contribution in [0.5, 0.6) is 0 Å². The topological polar surface area (TPSA) is 34.9 Å². The van der Waals surface area contributed by atoms with Gasteiger partial charge in [-0.3, -0.25) is 4.79 Å². The molecule has 25 heavy (non-hydrogen) atoms. The van der Waals surface area contributed by atoms with Gasteiger partial charge in [0.1, 0.15) is 0 Å². The lowest BCUT2D eigenvalue weighted by Gasteiger charge is -2.26. The predicted molar refractivity (Wildman–Crippen MR) is 103 cm³/mol. The highest BCUT2D eigenvalue weighted by Gasteiger charge is 2.34. The van der Waals surface area contributed by atoms with E-state index >= 15 is 0 Å². The summed E-state index contributed by atoms with van der Waals surface area (Å²) in [6.45, 7) is 13.1. The van der Waals surface area contributed by atoms with Crippen LogP contribution in [0, 0.1) is 11.8 Å². The SMILES string of the molecule is CC(C)c1ccc(-n2nc(C(C)C)c3c2CC(C(C)C)CC3=O)cc1. The lowest BCUT2D eigenvalue weighted by atomic mass is 9.79. The van der Waals surface area contributed by atoms with Crippen molar-refractivity contribution < 1.29 is 4.79 Å². The summed E-state index contributed by atoms with van der Waals surface area (Å²) in [5, 5.41) is 4.88. The molecule has 0 bridgehead atoms. The van der Waals surface area contributed by atoms with Crippen molar-refractivity contribution in [3.8, 4) is 5.69 Å². The second-order valence-corrected chi connectivity index (χ2v) is 8.36. The molecule has 1 heterocycles. The van der Waals surface area contributed by atoms with E-state index in [9.17, 15) is 4.79 Å². The van der Waals surface area contributed by atoms with Crippen LogP contribution in [-0.2, 0) is 6.42 Å². The number of carbonyl (C=O) groups excluding carboxylic acids is 1. The molecule has 0 aliphatic heterocycles. The number of Topliss-reactive ketones (excluding diaryl/α,β-unsaturated/α-hetero) is 1. The van der Waals surface area contributed by atoms with Gasteiger partial charge >= 0.3 is 0 Å². The normalized spacial score (nSPS) is 17.6. The van der Waals surface area contributed by atoms with Crippen LogP contribution < -0.4 is 0 Å². The maximum atomic E-state index is 12.9. The van der Waals surface area contributed by atoms with Crippen LogP contribution in [0.3, 0.4) is 0 Å². The number of hydrogen-bond acceptors (Lipinski definition) is 2. The van der Waals surface area contributed by atoms with Crippen molar-refractivity contribution in [1.29, 1.82) is 0 Å². The summed E-state index contributed by atoms with van der Waals surface area (Å²) in [7, 11) is 0. The fourth-order valence-corrected chi connectivity index (χ4v) is 3.71. The average molecular weight is 338 g/mol. The molecule has 3 heteroatoms. The Morgan fingerprint density at radius 1 is 0.960 bits per heavy atom. The van der Waals surface area contributed by atoms with E-state index in [0.29, 0.717) is 24.2 Å². The first-order chi connectivity index (χ1) is 11.8. The van der Waals surface area contributed by atoms with E-state index in [1.54, 1.807) is 0 Å². The maximum absolute atomic E-state index is 12.9. The lowest BCUT2D eigenvalue weighted by molar-refractivity contribution is 0.0931. The zero-order valence-electron chi connectivity index (χ0n) is 16.3. The van der Waals surface area contributed by atoms with Gasteiger partial charge in [-0.1, -0.05) is 53.7 Å². The largest absolute Gasteiger partial charge is 0.294 e. The highest BCUT2D eigenvalue weighted by Crippen LogP contribution is 2.35. The fraction of sp³-hybridized carbons (Fsp3) is 0.545. The van der Waals surface area contributed by atoms with Gasteiger partial charge in [0.05, 0.1) is 22.6 Å². The van der Waals surface area contributed by atoms with Gasteiger partial charge in [-0.05, 0) is 47.8 Å². The molecule has 0 spiro atoms. The summed E-state index contributed by atoms with van der Waals surface area (Å²) in [4.78, 5) is 12.9. The minimum absolute atomic E-state index is 0.254. The quantitative estimate of drug-likeness (QED) is 0.735. The summed E-state index contributed by atoms with van der Waals surface area (Å²) in [6.07, 6.45) is 1.59. The Kier molecular flexibility index (Phi) is 4.86. The van der Waals surface area contributed by atoms with Crippen molar-refractivity contribution in [2.75, 3.05) is 0 Å². The van der Waals surface area contributed by atoms with Crippen LogP contribution in [0.25, 0.3) is 5.69 Å². The molecule has 1 atom stereocenters. The van der Waals surface area contributed by atoms with Crippen molar-refractivity contribution >= 4 is 5.78 Å². The van der Waals surface area contributed by atoms with E-state index in [4.69, 9.17) is 5.10 Å². The average Bonchev–Trinajstić information content (AvgIpc) is 2.95. The third-order valence-corrected chi connectivity index (χ3v) is 5.48. The standard InChI is InChI=1S/C22H30N2O/c1-13(2)16-7-9-18(10-8-16)24-19-11-17(14(3)4)12-20(25)21(19)22(23-24)15(5)6/h7-10,13-15,17H,11-12H2,1-6H3. The summed E-state index contributed by atoms with van der Waals surface area (Å²) in [5.74, 6) is 1.95. The molecule has 3 nitrogen and oxygen atoms in total. The van der Waals surface area contributed by atoms with E-state index in [0.717, 1.165) is 29.1 Å². The monoisotopic (exact) mass is 338 g/mol. The Balaban J connectivity index is 2.11. The van der Waals surface area contributed by atoms with Crippen LogP contribution in [0.15, 0.2) is 24.3 Å². The first-order valence-corrected chi connectivity index (χ1v) is 9.54. The maximum Gasteiger partial charge on any atom is 0.166 e. The van der Waals surface area contributed by atoms with Gasteiger partial charge in [0, 0.05) is 6.42 Å². The molecule has 3 rings (SSSR count). The molecular weight excluding hydrogens is 308 g/mol. The molecule has 2 aromatic rings. The zero-order chi connectivity index (χ0) is 18.3. The summed E-state index contributed by atoms with van der Waals surface area (Å²) in [6, 6.07) is 8.62. The molecule has 0 radical (unpaired) electrons. The molecule has 0 fully saturated rings. The van der Waals surface area contributed by atoms with Gasteiger partial charge in [0.2, 0.25) is 0 Å². The minimum Gasteiger partial charge on any atom is -0.294 e. The van der Waals surface area contributed by atoms with Gasteiger partial charge < -0.3 is 0 Å². The molecular formula is C22H30N2O. The number of rotatable bonds is 4. The Morgan fingerprint density at radius 2 is 1.60 bits per heavy atom. The fourth-order valence-electron chi connectivity index (χ4n) is 3.71. The number of hydrogen-bond donors (Lipinski definition) is 0. The molecule has 1 aromatic carbocycles. The van der Waals surface area contributed by atoms with Crippen molar-refractivity contribution in [2.45, 2.75) is 66.2 Å². The first kappa shape index (κ1) is 17.9. The number of nitrogens with zero attached hydrogens (tertiary/aromatic N) is 2. The third-order valence-electron chi connectivity index (χ3n) is 5.48. The van der Waals surface area contributed by atoms with Crippen molar-refractivity contribution in [3.63, 3.8) is 0 Å². The van der Waals surface area contributed by atoms with E-state index in [1.807, 2.05) is 4.68 Å². The molecule has 1 aliphatic rings. The summed E-state index contributed by atoms with van der Waals surface area (Å²) in [5.41, 5.74) is 5.33. The Hall–Kier alpha value is -1.90. The third kappa shape index (κ3) is 3.29. The highest BCUT2D eigenvalue weighted by atomic mass is 16.1. The lowest BCUT2D eigenvalue weighted by Crippen LogP contribution is -2.25. The minimum atomic E-state index is 0.254. The Bertz CT molecular complexity index is 766. The predicted octanol–water partition coefficient (Wildman–Crippen LogP) is 5.52. The van der Waals surface area contributed by atoms with E-state index in [-0.39, 0.29) is 11.7 Å². The smallest absolute Gasteiger partial charge is 0.166 e.